The predicted molar refractivity (Wildman–Crippen MR) is 80.4 cm³/mol. The Labute approximate surface area is 121 Å². The van der Waals surface area contributed by atoms with Crippen LogP contribution in [0, 0.1) is 0 Å². The van der Waals surface area contributed by atoms with Crippen LogP contribution in [0.1, 0.15) is 47.0 Å². The van der Waals surface area contributed by atoms with Crippen LogP contribution in [0.5, 0.6) is 6.01 Å². The van der Waals surface area contributed by atoms with E-state index in [1.54, 1.807) is 0 Å². The molecule has 1 aromatic heterocycles. The van der Waals surface area contributed by atoms with Crippen molar-refractivity contribution in [1.29, 1.82) is 0 Å². The quantitative estimate of drug-likeness (QED) is 0.913. The summed E-state index contributed by atoms with van der Waals surface area (Å²) in [4.78, 5) is 15.5. The van der Waals surface area contributed by atoms with Crippen LogP contribution < -0.4 is 15.0 Å². The standard InChI is InChI=1S/C14H25N5O/c1-5-15-11-16-12(19-9-7-6-8-10-19)18-13(17-11)20-14(2,3)4/h5-10H2,1-4H3,(H,15,16,17,18). The maximum Gasteiger partial charge on any atom is 0.323 e. The molecule has 0 bridgehead atoms. The Bertz CT molecular complexity index is 438. The highest BCUT2D eigenvalue weighted by molar-refractivity contribution is 5.38. The van der Waals surface area contributed by atoms with Crippen LogP contribution in [0.4, 0.5) is 11.9 Å². The molecule has 6 heteroatoms. The van der Waals surface area contributed by atoms with Crippen molar-refractivity contribution in [2.45, 2.75) is 52.6 Å². The summed E-state index contributed by atoms with van der Waals surface area (Å²) in [6, 6.07) is 0.393. The molecule has 0 radical (unpaired) electrons. The van der Waals surface area contributed by atoms with Gasteiger partial charge in [0.1, 0.15) is 5.60 Å². The number of piperidine rings is 1. The molecule has 0 aliphatic carbocycles. The topological polar surface area (TPSA) is 63.2 Å². The Morgan fingerprint density at radius 1 is 1.10 bits per heavy atom. The average molecular weight is 279 g/mol. The average Bonchev–Trinajstić information content (AvgIpc) is 2.38. The maximum atomic E-state index is 5.79. The van der Waals surface area contributed by atoms with Crippen LogP contribution in [-0.4, -0.2) is 40.2 Å². The van der Waals surface area contributed by atoms with Gasteiger partial charge in [0.15, 0.2) is 0 Å². The summed E-state index contributed by atoms with van der Waals surface area (Å²) >= 11 is 0. The molecular weight excluding hydrogens is 254 g/mol. The first-order valence-electron chi connectivity index (χ1n) is 7.42. The van der Waals surface area contributed by atoms with Gasteiger partial charge in [-0.15, -0.1) is 0 Å². The van der Waals surface area contributed by atoms with Gasteiger partial charge in [-0.2, -0.15) is 15.0 Å². The van der Waals surface area contributed by atoms with E-state index in [1.807, 2.05) is 27.7 Å². The number of nitrogens with one attached hydrogen (secondary N) is 1. The van der Waals surface area contributed by atoms with E-state index in [0.29, 0.717) is 12.0 Å². The summed E-state index contributed by atoms with van der Waals surface area (Å²) in [5.74, 6) is 1.30. The summed E-state index contributed by atoms with van der Waals surface area (Å²) in [6.45, 7) is 10.8. The van der Waals surface area contributed by atoms with Crippen molar-refractivity contribution in [3.05, 3.63) is 0 Å². The smallest absolute Gasteiger partial charge is 0.323 e. The molecule has 1 aliphatic heterocycles. The summed E-state index contributed by atoms with van der Waals surface area (Å²) in [6.07, 6.45) is 3.67. The number of anilines is 2. The van der Waals surface area contributed by atoms with Crippen molar-refractivity contribution < 1.29 is 4.74 Å². The first-order chi connectivity index (χ1) is 9.48. The van der Waals surface area contributed by atoms with Gasteiger partial charge in [-0.3, -0.25) is 0 Å². The summed E-state index contributed by atoms with van der Waals surface area (Å²) < 4.78 is 5.79. The van der Waals surface area contributed by atoms with Crippen molar-refractivity contribution in [1.82, 2.24) is 15.0 Å². The lowest BCUT2D eigenvalue weighted by Gasteiger charge is -2.27. The minimum atomic E-state index is -0.315. The van der Waals surface area contributed by atoms with E-state index in [9.17, 15) is 0 Å². The lowest BCUT2D eigenvalue weighted by molar-refractivity contribution is 0.117. The zero-order valence-corrected chi connectivity index (χ0v) is 12.9. The molecule has 1 fully saturated rings. The van der Waals surface area contributed by atoms with Crippen LogP contribution in [0.25, 0.3) is 0 Å². The third-order valence-corrected chi connectivity index (χ3v) is 2.97. The van der Waals surface area contributed by atoms with E-state index in [4.69, 9.17) is 4.74 Å². The van der Waals surface area contributed by atoms with Crippen LogP contribution in [0.3, 0.4) is 0 Å². The maximum absolute atomic E-state index is 5.79. The number of ether oxygens (including phenoxy) is 1. The lowest BCUT2D eigenvalue weighted by Crippen LogP contribution is -2.32. The van der Waals surface area contributed by atoms with Crippen LogP contribution in [-0.2, 0) is 0 Å². The summed E-state index contributed by atoms with van der Waals surface area (Å²) in [7, 11) is 0. The van der Waals surface area contributed by atoms with Gasteiger partial charge in [0.05, 0.1) is 0 Å². The Balaban J connectivity index is 2.25. The van der Waals surface area contributed by atoms with E-state index >= 15 is 0 Å². The normalized spacial score (nSPS) is 16.1. The Morgan fingerprint density at radius 3 is 2.40 bits per heavy atom. The van der Waals surface area contributed by atoms with Crippen LogP contribution in [0.15, 0.2) is 0 Å². The van der Waals surface area contributed by atoms with Crippen molar-refractivity contribution in [3.8, 4) is 6.01 Å². The fourth-order valence-corrected chi connectivity index (χ4v) is 2.14. The number of rotatable bonds is 4. The van der Waals surface area contributed by atoms with Gasteiger partial charge in [-0.05, 0) is 47.0 Å². The predicted octanol–water partition coefficient (Wildman–Crippen LogP) is 2.47. The van der Waals surface area contributed by atoms with Crippen LogP contribution >= 0.6 is 0 Å². The lowest BCUT2D eigenvalue weighted by atomic mass is 10.1. The van der Waals surface area contributed by atoms with Crippen molar-refractivity contribution in [3.63, 3.8) is 0 Å². The third-order valence-electron chi connectivity index (χ3n) is 2.97. The molecule has 1 aromatic rings. The van der Waals surface area contributed by atoms with Gasteiger partial charge in [0.2, 0.25) is 11.9 Å². The van der Waals surface area contributed by atoms with E-state index in [1.165, 1.54) is 19.3 Å². The zero-order valence-electron chi connectivity index (χ0n) is 12.9. The molecule has 0 spiro atoms. The van der Waals surface area contributed by atoms with Gasteiger partial charge < -0.3 is 15.0 Å². The minimum Gasteiger partial charge on any atom is -0.458 e. The number of nitrogens with zero attached hydrogens (tertiary/aromatic N) is 4. The molecule has 0 atom stereocenters. The highest BCUT2D eigenvalue weighted by atomic mass is 16.5. The van der Waals surface area contributed by atoms with E-state index < -0.39 is 0 Å². The molecule has 0 amide bonds. The van der Waals surface area contributed by atoms with Crippen LogP contribution in [0.2, 0.25) is 0 Å². The molecule has 6 nitrogen and oxygen atoms in total. The van der Waals surface area contributed by atoms with Crippen molar-refractivity contribution in [2.24, 2.45) is 0 Å². The molecule has 1 N–H and O–H groups in total. The second-order valence-electron chi connectivity index (χ2n) is 6.03. The minimum absolute atomic E-state index is 0.315. The Morgan fingerprint density at radius 2 is 1.80 bits per heavy atom. The molecule has 0 aromatic carbocycles. The molecule has 0 unspecified atom stereocenters. The van der Waals surface area contributed by atoms with E-state index in [0.717, 1.165) is 25.6 Å². The number of hydrogen-bond donors (Lipinski definition) is 1. The van der Waals surface area contributed by atoms with E-state index in [2.05, 4.69) is 25.2 Å². The summed E-state index contributed by atoms with van der Waals surface area (Å²) in [5.41, 5.74) is -0.315. The second-order valence-corrected chi connectivity index (χ2v) is 6.03. The van der Waals surface area contributed by atoms with Crippen molar-refractivity contribution in [2.75, 3.05) is 29.9 Å². The second kappa shape index (κ2) is 6.24. The monoisotopic (exact) mass is 279 g/mol. The molecule has 1 aliphatic rings. The first-order valence-corrected chi connectivity index (χ1v) is 7.42. The highest BCUT2D eigenvalue weighted by Gasteiger charge is 2.19. The molecular formula is C14H25N5O. The fraction of sp³-hybridized carbons (Fsp3) is 0.786. The van der Waals surface area contributed by atoms with Crippen molar-refractivity contribution >= 4 is 11.9 Å². The summed E-state index contributed by atoms with van der Waals surface area (Å²) in [5, 5.41) is 3.14. The Kier molecular flexibility index (Phi) is 4.62. The third kappa shape index (κ3) is 4.21. The van der Waals surface area contributed by atoms with Gasteiger partial charge in [-0.1, -0.05) is 0 Å². The zero-order chi connectivity index (χ0) is 14.6. The molecule has 112 valence electrons. The molecule has 2 rings (SSSR count). The molecule has 1 saturated heterocycles. The van der Waals surface area contributed by atoms with Gasteiger partial charge >= 0.3 is 6.01 Å². The number of aromatic nitrogens is 3. The van der Waals surface area contributed by atoms with E-state index in [-0.39, 0.29) is 5.60 Å². The largest absolute Gasteiger partial charge is 0.458 e. The molecule has 20 heavy (non-hydrogen) atoms. The van der Waals surface area contributed by atoms with Gasteiger partial charge in [0.25, 0.3) is 0 Å². The molecule has 0 saturated carbocycles. The fourth-order valence-electron chi connectivity index (χ4n) is 2.14. The highest BCUT2D eigenvalue weighted by Crippen LogP contribution is 2.21. The number of hydrogen-bond acceptors (Lipinski definition) is 6. The SMILES string of the molecule is CCNc1nc(OC(C)(C)C)nc(N2CCCCC2)n1. The molecule has 2 heterocycles. The first kappa shape index (κ1) is 14.8. The van der Waals surface area contributed by atoms with Gasteiger partial charge in [-0.25, -0.2) is 0 Å². The van der Waals surface area contributed by atoms with Gasteiger partial charge in [0, 0.05) is 19.6 Å². The Hall–Kier alpha value is -1.59.